The van der Waals surface area contributed by atoms with E-state index in [0.717, 1.165) is 22.6 Å². The standard InChI is InChI=1S/C21H20N2O3/c1-16-5-7-18(8-6-16)15-26-21-11-9-17(10-12-21)14-22-19-3-2-4-20(13-19)23(24)25/h2-13,22H,14-15H2,1H3. The molecule has 0 saturated carbocycles. The molecular weight excluding hydrogens is 328 g/mol. The summed E-state index contributed by atoms with van der Waals surface area (Å²) in [5.41, 5.74) is 4.23. The Labute approximate surface area is 152 Å². The van der Waals surface area contributed by atoms with Crippen LogP contribution in [0.4, 0.5) is 11.4 Å². The number of rotatable bonds is 7. The molecule has 1 N–H and O–H groups in total. The molecule has 0 spiro atoms. The van der Waals surface area contributed by atoms with Crippen molar-refractivity contribution < 1.29 is 9.66 Å². The number of nitrogens with zero attached hydrogens (tertiary/aromatic N) is 1. The number of ether oxygens (including phenoxy) is 1. The van der Waals surface area contributed by atoms with E-state index in [1.807, 2.05) is 30.3 Å². The Hall–Kier alpha value is -3.34. The first-order valence-electron chi connectivity index (χ1n) is 8.36. The van der Waals surface area contributed by atoms with E-state index >= 15 is 0 Å². The second-order valence-corrected chi connectivity index (χ2v) is 6.08. The van der Waals surface area contributed by atoms with Gasteiger partial charge in [-0.1, -0.05) is 48.0 Å². The summed E-state index contributed by atoms with van der Waals surface area (Å²) in [6, 6.07) is 22.6. The van der Waals surface area contributed by atoms with Gasteiger partial charge in [0.2, 0.25) is 0 Å². The molecule has 0 saturated heterocycles. The predicted octanol–water partition coefficient (Wildman–Crippen LogP) is 5.09. The zero-order valence-corrected chi connectivity index (χ0v) is 14.5. The van der Waals surface area contributed by atoms with Crippen molar-refractivity contribution in [1.29, 1.82) is 0 Å². The zero-order chi connectivity index (χ0) is 18.4. The predicted molar refractivity (Wildman–Crippen MR) is 102 cm³/mol. The molecule has 0 amide bonds. The van der Waals surface area contributed by atoms with Gasteiger partial charge in [-0.25, -0.2) is 0 Å². The molecule has 5 nitrogen and oxygen atoms in total. The molecule has 0 heterocycles. The van der Waals surface area contributed by atoms with Gasteiger partial charge in [-0.2, -0.15) is 0 Å². The van der Waals surface area contributed by atoms with E-state index in [0.29, 0.717) is 13.2 Å². The Morgan fingerprint density at radius 2 is 1.65 bits per heavy atom. The summed E-state index contributed by atoms with van der Waals surface area (Å²) >= 11 is 0. The highest BCUT2D eigenvalue weighted by atomic mass is 16.6. The van der Waals surface area contributed by atoms with Crippen LogP contribution in [-0.2, 0) is 13.2 Å². The first-order valence-corrected chi connectivity index (χ1v) is 8.36. The fourth-order valence-electron chi connectivity index (χ4n) is 2.49. The van der Waals surface area contributed by atoms with Crippen LogP contribution in [0.15, 0.2) is 72.8 Å². The van der Waals surface area contributed by atoms with Gasteiger partial charge in [-0.05, 0) is 36.2 Å². The molecule has 26 heavy (non-hydrogen) atoms. The highest BCUT2D eigenvalue weighted by Crippen LogP contribution is 2.19. The molecular formula is C21H20N2O3. The highest BCUT2D eigenvalue weighted by Gasteiger charge is 2.05. The third kappa shape index (κ3) is 4.83. The van der Waals surface area contributed by atoms with Crippen molar-refractivity contribution >= 4 is 11.4 Å². The van der Waals surface area contributed by atoms with Gasteiger partial charge >= 0.3 is 0 Å². The Bertz CT molecular complexity index is 875. The summed E-state index contributed by atoms with van der Waals surface area (Å²) in [5.74, 6) is 0.810. The van der Waals surface area contributed by atoms with Crippen LogP contribution in [0.25, 0.3) is 0 Å². The van der Waals surface area contributed by atoms with E-state index in [1.165, 1.54) is 17.7 Å². The zero-order valence-electron chi connectivity index (χ0n) is 14.5. The number of hydrogen-bond donors (Lipinski definition) is 1. The molecule has 3 aromatic carbocycles. The third-order valence-electron chi connectivity index (χ3n) is 4.00. The first-order chi connectivity index (χ1) is 12.6. The fourth-order valence-corrected chi connectivity index (χ4v) is 2.49. The quantitative estimate of drug-likeness (QED) is 0.477. The molecule has 0 aliphatic rings. The van der Waals surface area contributed by atoms with Gasteiger partial charge in [0.25, 0.3) is 5.69 Å². The maximum absolute atomic E-state index is 10.8. The maximum Gasteiger partial charge on any atom is 0.271 e. The molecule has 3 aromatic rings. The minimum atomic E-state index is -0.397. The average molecular weight is 348 g/mol. The minimum absolute atomic E-state index is 0.0786. The van der Waals surface area contributed by atoms with Crippen molar-refractivity contribution in [2.75, 3.05) is 5.32 Å². The van der Waals surface area contributed by atoms with Crippen LogP contribution in [0, 0.1) is 17.0 Å². The Kier molecular flexibility index (Phi) is 5.49. The van der Waals surface area contributed by atoms with Crippen molar-refractivity contribution in [2.45, 2.75) is 20.1 Å². The van der Waals surface area contributed by atoms with Crippen molar-refractivity contribution in [3.8, 4) is 5.75 Å². The molecule has 0 aliphatic heterocycles. The van der Waals surface area contributed by atoms with E-state index < -0.39 is 4.92 Å². The van der Waals surface area contributed by atoms with Crippen LogP contribution in [0.5, 0.6) is 5.75 Å². The lowest BCUT2D eigenvalue weighted by molar-refractivity contribution is -0.384. The van der Waals surface area contributed by atoms with Crippen LogP contribution in [-0.4, -0.2) is 4.92 Å². The molecule has 0 radical (unpaired) electrons. The molecule has 0 fully saturated rings. The highest BCUT2D eigenvalue weighted by molar-refractivity contribution is 5.51. The summed E-state index contributed by atoms with van der Waals surface area (Å²) in [6.45, 7) is 3.18. The maximum atomic E-state index is 10.8. The lowest BCUT2D eigenvalue weighted by Crippen LogP contribution is -2.00. The summed E-state index contributed by atoms with van der Waals surface area (Å²) in [7, 11) is 0. The summed E-state index contributed by atoms with van der Waals surface area (Å²) < 4.78 is 5.80. The number of nitro benzene ring substituents is 1. The van der Waals surface area contributed by atoms with Crippen molar-refractivity contribution in [3.63, 3.8) is 0 Å². The summed E-state index contributed by atoms with van der Waals surface area (Å²) in [5, 5.41) is 14.0. The number of nitrogens with one attached hydrogen (secondary N) is 1. The SMILES string of the molecule is Cc1ccc(COc2ccc(CNc3cccc([N+](=O)[O-])c3)cc2)cc1. The molecule has 3 rings (SSSR count). The van der Waals surface area contributed by atoms with Gasteiger partial charge in [0.15, 0.2) is 0 Å². The Morgan fingerprint density at radius 3 is 2.35 bits per heavy atom. The van der Waals surface area contributed by atoms with E-state index in [9.17, 15) is 10.1 Å². The molecule has 132 valence electrons. The number of benzene rings is 3. The van der Waals surface area contributed by atoms with Crippen molar-refractivity contribution in [3.05, 3.63) is 99.6 Å². The minimum Gasteiger partial charge on any atom is -0.489 e. The molecule has 5 heteroatoms. The lowest BCUT2D eigenvalue weighted by Gasteiger charge is -2.09. The number of non-ortho nitro benzene ring substituents is 1. The van der Waals surface area contributed by atoms with Crippen LogP contribution in [0.1, 0.15) is 16.7 Å². The fraction of sp³-hybridized carbons (Fsp3) is 0.143. The normalized spacial score (nSPS) is 10.3. The molecule has 0 unspecified atom stereocenters. The number of aryl methyl sites for hydroxylation is 1. The Morgan fingerprint density at radius 1 is 0.962 bits per heavy atom. The van der Waals surface area contributed by atoms with Gasteiger partial charge in [0, 0.05) is 24.4 Å². The average Bonchev–Trinajstić information content (AvgIpc) is 2.67. The molecule has 0 aromatic heterocycles. The lowest BCUT2D eigenvalue weighted by atomic mass is 10.2. The third-order valence-corrected chi connectivity index (χ3v) is 4.00. The van der Waals surface area contributed by atoms with Crippen molar-refractivity contribution in [1.82, 2.24) is 0 Å². The molecule has 0 aliphatic carbocycles. The van der Waals surface area contributed by atoms with E-state index in [4.69, 9.17) is 4.74 Å². The molecule has 0 bridgehead atoms. The molecule has 0 atom stereocenters. The monoisotopic (exact) mass is 348 g/mol. The topological polar surface area (TPSA) is 64.4 Å². The van der Waals surface area contributed by atoms with E-state index in [2.05, 4.69) is 36.5 Å². The smallest absolute Gasteiger partial charge is 0.271 e. The van der Waals surface area contributed by atoms with Gasteiger partial charge in [0.05, 0.1) is 4.92 Å². The van der Waals surface area contributed by atoms with Gasteiger partial charge in [-0.15, -0.1) is 0 Å². The Balaban J connectivity index is 1.53. The van der Waals surface area contributed by atoms with Crippen LogP contribution in [0.2, 0.25) is 0 Å². The van der Waals surface area contributed by atoms with Crippen molar-refractivity contribution in [2.24, 2.45) is 0 Å². The van der Waals surface area contributed by atoms with Gasteiger partial charge in [0.1, 0.15) is 12.4 Å². The largest absolute Gasteiger partial charge is 0.489 e. The van der Waals surface area contributed by atoms with Gasteiger partial charge < -0.3 is 10.1 Å². The summed E-state index contributed by atoms with van der Waals surface area (Å²) in [6.07, 6.45) is 0. The van der Waals surface area contributed by atoms with Crippen LogP contribution < -0.4 is 10.1 Å². The van der Waals surface area contributed by atoms with E-state index in [1.54, 1.807) is 6.07 Å². The second-order valence-electron chi connectivity index (χ2n) is 6.08. The van der Waals surface area contributed by atoms with Gasteiger partial charge in [-0.3, -0.25) is 10.1 Å². The number of anilines is 1. The van der Waals surface area contributed by atoms with Crippen LogP contribution >= 0.6 is 0 Å². The van der Waals surface area contributed by atoms with E-state index in [-0.39, 0.29) is 5.69 Å². The first kappa shape index (κ1) is 17.5. The summed E-state index contributed by atoms with van der Waals surface area (Å²) in [4.78, 5) is 10.4. The number of nitro groups is 1. The van der Waals surface area contributed by atoms with Crippen LogP contribution in [0.3, 0.4) is 0 Å². The number of hydrogen-bond acceptors (Lipinski definition) is 4. The second kappa shape index (κ2) is 8.16.